The van der Waals surface area contributed by atoms with Crippen LogP contribution in [0.1, 0.15) is 113 Å². The number of ether oxygens (including phenoxy) is 1. The fraction of sp³-hybridized carbons (Fsp3) is 0.769. The lowest BCUT2D eigenvalue weighted by Gasteiger charge is -2.30. The van der Waals surface area contributed by atoms with Crippen molar-refractivity contribution in [2.75, 3.05) is 6.61 Å². The fourth-order valence-corrected chi connectivity index (χ4v) is 5.67. The van der Waals surface area contributed by atoms with E-state index in [0.29, 0.717) is 11.1 Å². The van der Waals surface area contributed by atoms with Crippen molar-refractivity contribution in [2.45, 2.75) is 109 Å². The number of halogens is 3. The summed E-state index contributed by atoms with van der Waals surface area (Å²) in [5.41, 5.74) is 0.379. The average molecular weight is 425 g/mol. The number of aryl methyl sites for hydroxylation is 1. The van der Waals surface area contributed by atoms with Crippen LogP contribution in [0.2, 0.25) is 0 Å². The Hall–Kier alpha value is -1.03. The second-order valence-corrected chi connectivity index (χ2v) is 9.66. The molecule has 0 aliphatic heterocycles. The van der Waals surface area contributed by atoms with Crippen molar-refractivity contribution < 1.29 is 17.9 Å². The lowest BCUT2D eigenvalue weighted by Crippen LogP contribution is -2.22. The van der Waals surface area contributed by atoms with Gasteiger partial charge in [0.15, 0.2) is 0 Å². The quantitative estimate of drug-likeness (QED) is 0.361. The number of benzene rings is 1. The highest BCUT2D eigenvalue weighted by Crippen LogP contribution is 2.39. The van der Waals surface area contributed by atoms with Gasteiger partial charge < -0.3 is 4.74 Å². The first-order valence-corrected chi connectivity index (χ1v) is 12.2. The summed E-state index contributed by atoms with van der Waals surface area (Å²) in [5.74, 6) is 1.18. The van der Waals surface area contributed by atoms with Crippen molar-refractivity contribution >= 4 is 0 Å². The molecule has 2 saturated carbocycles. The van der Waals surface area contributed by atoms with E-state index in [0.717, 1.165) is 50.5 Å². The van der Waals surface area contributed by atoms with E-state index in [2.05, 4.69) is 6.92 Å². The highest BCUT2D eigenvalue weighted by molar-refractivity contribution is 5.36. The molecule has 1 nitrogen and oxygen atoms in total. The molecule has 0 bridgehead atoms. The molecule has 4 heteroatoms. The third kappa shape index (κ3) is 6.24. The molecular weight excluding hydrogens is 385 g/mol. The minimum Gasteiger partial charge on any atom is -0.378 e. The smallest absolute Gasteiger partial charge is 0.266 e. The molecule has 2 aliphatic carbocycles. The normalized spacial score (nSPS) is 27.5. The SMILES string of the molecule is CCCC1CCC(CCCOC2CCC(c3ccc(C)c(C(F)F)c3F)CC2)CC1. The molecule has 0 aromatic heterocycles. The highest BCUT2D eigenvalue weighted by Gasteiger charge is 2.28. The molecule has 0 atom stereocenters. The highest BCUT2D eigenvalue weighted by atomic mass is 19.3. The van der Waals surface area contributed by atoms with Gasteiger partial charge in [0.05, 0.1) is 11.7 Å². The average Bonchev–Trinajstić information content (AvgIpc) is 2.73. The van der Waals surface area contributed by atoms with E-state index in [1.54, 1.807) is 19.1 Å². The zero-order valence-electron chi connectivity index (χ0n) is 18.8. The lowest BCUT2D eigenvalue weighted by atomic mass is 9.78. The second-order valence-electron chi connectivity index (χ2n) is 9.66. The van der Waals surface area contributed by atoms with Gasteiger partial charge in [0.2, 0.25) is 0 Å². The molecule has 2 fully saturated rings. The van der Waals surface area contributed by atoms with Crippen LogP contribution < -0.4 is 0 Å². The number of hydrogen-bond acceptors (Lipinski definition) is 1. The summed E-state index contributed by atoms with van der Waals surface area (Å²) in [4.78, 5) is 0. The molecule has 0 unspecified atom stereocenters. The first kappa shape index (κ1) is 23.6. The number of hydrogen-bond donors (Lipinski definition) is 0. The van der Waals surface area contributed by atoms with Crippen molar-refractivity contribution in [1.29, 1.82) is 0 Å². The molecule has 0 amide bonds. The summed E-state index contributed by atoms with van der Waals surface area (Å²) < 4.78 is 47.2. The molecular formula is C26H39F3O. The van der Waals surface area contributed by atoms with Crippen molar-refractivity contribution in [2.24, 2.45) is 11.8 Å². The first-order valence-electron chi connectivity index (χ1n) is 12.2. The molecule has 3 rings (SSSR count). The molecule has 170 valence electrons. The summed E-state index contributed by atoms with van der Waals surface area (Å²) >= 11 is 0. The van der Waals surface area contributed by atoms with Crippen molar-refractivity contribution in [1.82, 2.24) is 0 Å². The fourth-order valence-electron chi connectivity index (χ4n) is 5.67. The van der Waals surface area contributed by atoms with Gasteiger partial charge in [0.25, 0.3) is 6.43 Å². The Labute approximate surface area is 180 Å². The van der Waals surface area contributed by atoms with Crippen molar-refractivity contribution in [3.05, 3.63) is 34.6 Å². The van der Waals surface area contributed by atoms with Gasteiger partial charge in [-0.2, -0.15) is 0 Å². The Kier molecular flexibility index (Phi) is 9.10. The Bertz CT molecular complexity index is 644. The third-order valence-corrected chi connectivity index (χ3v) is 7.53. The molecule has 0 radical (unpaired) electrons. The monoisotopic (exact) mass is 424 g/mol. The Morgan fingerprint density at radius 1 is 0.933 bits per heavy atom. The molecule has 0 N–H and O–H groups in total. The van der Waals surface area contributed by atoms with Gasteiger partial charge in [-0.25, -0.2) is 13.2 Å². The molecule has 0 saturated heterocycles. The lowest BCUT2D eigenvalue weighted by molar-refractivity contribution is 0.0202. The summed E-state index contributed by atoms with van der Waals surface area (Å²) in [5, 5.41) is 0. The van der Waals surface area contributed by atoms with Crippen LogP contribution in [0.3, 0.4) is 0 Å². The Morgan fingerprint density at radius 2 is 1.57 bits per heavy atom. The molecule has 2 aliphatic rings. The van der Waals surface area contributed by atoms with Crippen molar-refractivity contribution in [3.8, 4) is 0 Å². The van der Waals surface area contributed by atoms with Gasteiger partial charge in [-0.05, 0) is 74.3 Å². The molecule has 1 aromatic rings. The van der Waals surface area contributed by atoms with Gasteiger partial charge >= 0.3 is 0 Å². The van der Waals surface area contributed by atoms with Crippen molar-refractivity contribution in [3.63, 3.8) is 0 Å². The van der Waals surface area contributed by atoms with Gasteiger partial charge in [-0.1, -0.05) is 57.6 Å². The van der Waals surface area contributed by atoms with E-state index in [1.807, 2.05) is 0 Å². The van der Waals surface area contributed by atoms with E-state index >= 15 is 0 Å². The van der Waals surface area contributed by atoms with Crippen LogP contribution >= 0.6 is 0 Å². The summed E-state index contributed by atoms with van der Waals surface area (Å²) in [6.45, 7) is 4.66. The van der Waals surface area contributed by atoms with Gasteiger partial charge in [-0.3, -0.25) is 0 Å². The minimum atomic E-state index is -2.76. The Balaban J connectivity index is 1.36. The maximum atomic E-state index is 14.6. The Morgan fingerprint density at radius 3 is 2.17 bits per heavy atom. The molecule has 30 heavy (non-hydrogen) atoms. The summed E-state index contributed by atoms with van der Waals surface area (Å²) in [6, 6.07) is 3.34. The van der Waals surface area contributed by atoms with Crippen LogP contribution in [-0.2, 0) is 4.74 Å². The largest absolute Gasteiger partial charge is 0.378 e. The predicted octanol–water partition coefficient (Wildman–Crippen LogP) is 8.50. The molecule has 1 aromatic carbocycles. The maximum absolute atomic E-state index is 14.6. The number of rotatable bonds is 9. The minimum absolute atomic E-state index is 0.0289. The van der Waals surface area contributed by atoms with E-state index in [4.69, 9.17) is 4.74 Å². The van der Waals surface area contributed by atoms with E-state index < -0.39 is 17.8 Å². The zero-order valence-corrected chi connectivity index (χ0v) is 18.8. The third-order valence-electron chi connectivity index (χ3n) is 7.53. The predicted molar refractivity (Wildman–Crippen MR) is 117 cm³/mol. The van der Waals surface area contributed by atoms with E-state index in [-0.39, 0.29) is 12.0 Å². The van der Waals surface area contributed by atoms with E-state index in [1.165, 1.54) is 44.9 Å². The van der Waals surface area contributed by atoms with Gasteiger partial charge in [0, 0.05) is 6.61 Å². The summed E-state index contributed by atoms with van der Waals surface area (Å²) in [6.07, 6.45) is 11.6. The van der Waals surface area contributed by atoms with Gasteiger partial charge in [0.1, 0.15) is 5.82 Å². The van der Waals surface area contributed by atoms with Crippen LogP contribution in [0.15, 0.2) is 12.1 Å². The zero-order chi connectivity index (χ0) is 21.5. The van der Waals surface area contributed by atoms with Crippen LogP contribution in [0, 0.1) is 24.6 Å². The molecule has 0 spiro atoms. The maximum Gasteiger partial charge on any atom is 0.266 e. The number of alkyl halides is 2. The standard InChI is InChI=1S/C26H39F3O/c1-3-5-19-8-10-20(11-9-19)6-4-17-30-22-14-12-21(13-15-22)23-16-7-18(2)24(25(23)27)26(28)29/h7,16,19-22,26H,3-6,8-15,17H2,1-2H3. The van der Waals surface area contributed by atoms with E-state index in [9.17, 15) is 13.2 Å². The second kappa shape index (κ2) is 11.5. The molecule has 0 heterocycles. The van der Waals surface area contributed by atoms with Crippen LogP contribution in [0.4, 0.5) is 13.2 Å². The van der Waals surface area contributed by atoms with Crippen LogP contribution in [0.5, 0.6) is 0 Å². The van der Waals surface area contributed by atoms with Crippen LogP contribution in [0.25, 0.3) is 0 Å². The van der Waals surface area contributed by atoms with Crippen LogP contribution in [-0.4, -0.2) is 12.7 Å². The summed E-state index contributed by atoms with van der Waals surface area (Å²) in [7, 11) is 0. The van der Waals surface area contributed by atoms with Gasteiger partial charge in [-0.15, -0.1) is 0 Å². The first-order chi connectivity index (χ1) is 14.5. The topological polar surface area (TPSA) is 9.23 Å².